The Morgan fingerprint density at radius 2 is 2.25 bits per heavy atom. The number of piperazine rings is 1. The van der Waals surface area contributed by atoms with Crippen molar-refractivity contribution < 1.29 is 19.5 Å². The molecule has 1 aromatic rings. The van der Waals surface area contributed by atoms with Crippen molar-refractivity contribution in [1.29, 1.82) is 0 Å². The lowest BCUT2D eigenvalue weighted by Gasteiger charge is -2.32. The molecule has 1 saturated heterocycles. The van der Waals surface area contributed by atoms with Gasteiger partial charge in [-0.1, -0.05) is 6.92 Å². The van der Waals surface area contributed by atoms with E-state index in [4.69, 9.17) is 5.11 Å². The molecule has 0 bridgehead atoms. The summed E-state index contributed by atoms with van der Waals surface area (Å²) in [6.45, 7) is 1.56. The van der Waals surface area contributed by atoms with Crippen LogP contribution in [0.15, 0.2) is 6.07 Å². The summed E-state index contributed by atoms with van der Waals surface area (Å²) in [5, 5.41) is 15.7. The van der Waals surface area contributed by atoms with Crippen LogP contribution in [0.25, 0.3) is 0 Å². The zero-order valence-electron chi connectivity index (χ0n) is 11.3. The van der Waals surface area contributed by atoms with E-state index in [-0.39, 0.29) is 24.7 Å². The summed E-state index contributed by atoms with van der Waals surface area (Å²) in [5.74, 6) is -2.01. The molecule has 2 N–H and O–H groups in total. The maximum atomic E-state index is 12.4. The molecule has 1 aromatic heterocycles. The zero-order chi connectivity index (χ0) is 14.9. The largest absolute Gasteiger partial charge is 0.480 e. The topological polar surface area (TPSA) is 105 Å². The van der Waals surface area contributed by atoms with Gasteiger partial charge < -0.3 is 15.3 Å². The Balaban J connectivity index is 2.30. The van der Waals surface area contributed by atoms with Crippen LogP contribution in [0.5, 0.6) is 0 Å². The standard InChI is InChI=1S/C12H16N4O4/c1-3-7-4-8(15(2)14-7)11(18)16-6-10(17)13-5-9(16)12(19)20/h4,9H,3,5-6H2,1-2H3,(H,13,17)(H,19,20). The Hall–Kier alpha value is -2.38. The molecule has 0 aromatic carbocycles. The average molecular weight is 280 g/mol. The summed E-state index contributed by atoms with van der Waals surface area (Å²) in [4.78, 5) is 36.1. The highest BCUT2D eigenvalue weighted by Gasteiger charge is 2.36. The summed E-state index contributed by atoms with van der Waals surface area (Å²) < 4.78 is 1.41. The van der Waals surface area contributed by atoms with E-state index in [0.29, 0.717) is 6.42 Å². The Kier molecular flexibility index (Phi) is 3.73. The summed E-state index contributed by atoms with van der Waals surface area (Å²) in [7, 11) is 1.62. The molecule has 1 atom stereocenters. The number of nitrogens with zero attached hydrogens (tertiary/aromatic N) is 3. The van der Waals surface area contributed by atoms with E-state index in [1.54, 1.807) is 13.1 Å². The molecule has 1 aliphatic heterocycles. The van der Waals surface area contributed by atoms with Gasteiger partial charge in [-0.25, -0.2) is 4.79 Å². The van der Waals surface area contributed by atoms with E-state index >= 15 is 0 Å². The van der Waals surface area contributed by atoms with Crippen molar-refractivity contribution in [2.45, 2.75) is 19.4 Å². The normalized spacial score (nSPS) is 18.8. The van der Waals surface area contributed by atoms with Gasteiger partial charge in [-0.05, 0) is 12.5 Å². The Bertz CT molecular complexity index is 566. The third kappa shape index (κ3) is 2.49. The predicted octanol–water partition coefficient (Wildman–Crippen LogP) is -0.992. The number of aliphatic carboxylic acids is 1. The van der Waals surface area contributed by atoms with Crippen LogP contribution in [0.2, 0.25) is 0 Å². The van der Waals surface area contributed by atoms with Crippen molar-refractivity contribution in [2.75, 3.05) is 13.1 Å². The lowest BCUT2D eigenvalue weighted by atomic mass is 10.1. The fraction of sp³-hybridized carbons (Fsp3) is 0.500. The molecule has 2 rings (SSSR count). The van der Waals surface area contributed by atoms with Crippen molar-refractivity contribution in [3.8, 4) is 0 Å². The lowest BCUT2D eigenvalue weighted by Crippen LogP contribution is -2.59. The number of carboxylic acids is 1. The molecule has 2 amide bonds. The molecule has 8 heteroatoms. The zero-order valence-corrected chi connectivity index (χ0v) is 11.3. The molecule has 0 spiro atoms. The van der Waals surface area contributed by atoms with Gasteiger partial charge in [0, 0.05) is 13.6 Å². The molecule has 108 valence electrons. The van der Waals surface area contributed by atoms with E-state index in [1.807, 2.05) is 6.92 Å². The lowest BCUT2D eigenvalue weighted by molar-refractivity contribution is -0.144. The smallest absolute Gasteiger partial charge is 0.328 e. The fourth-order valence-electron chi connectivity index (χ4n) is 2.12. The minimum absolute atomic E-state index is 0.0849. The molecule has 2 heterocycles. The van der Waals surface area contributed by atoms with E-state index in [9.17, 15) is 14.4 Å². The first-order valence-electron chi connectivity index (χ1n) is 6.27. The molecular weight excluding hydrogens is 264 g/mol. The molecule has 1 aliphatic rings. The van der Waals surface area contributed by atoms with Gasteiger partial charge in [0.15, 0.2) is 0 Å². The molecule has 8 nitrogen and oxygen atoms in total. The van der Waals surface area contributed by atoms with Crippen LogP contribution in [0.4, 0.5) is 0 Å². The monoisotopic (exact) mass is 280 g/mol. The van der Waals surface area contributed by atoms with Crippen LogP contribution in [0.3, 0.4) is 0 Å². The number of hydrogen-bond acceptors (Lipinski definition) is 4. The first kappa shape index (κ1) is 14.0. The summed E-state index contributed by atoms with van der Waals surface area (Å²) in [6, 6.07) is 0.563. The van der Waals surface area contributed by atoms with Crippen molar-refractivity contribution in [3.63, 3.8) is 0 Å². The van der Waals surface area contributed by atoms with Gasteiger partial charge >= 0.3 is 5.97 Å². The van der Waals surface area contributed by atoms with E-state index in [0.717, 1.165) is 10.6 Å². The van der Waals surface area contributed by atoms with Crippen LogP contribution in [-0.2, 0) is 23.1 Å². The number of hydrogen-bond donors (Lipinski definition) is 2. The Morgan fingerprint density at radius 3 is 2.80 bits per heavy atom. The van der Waals surface area contributed by atoms with Crippen LogP contribution in [-0.4, -0.2) is 56.7 Å². The number of aryl methyl sites for hydroxylation is 2. The minimum atomic E-state index is -1.14. The second-order valence-corrected chi connectivity index (χ2v) is 4.59. The molecule has 1 fully saturated rings. The van der Waals surface area contributed by atoms with Crippen LogP contribution in [0, 0.1) is 0 Å². The molecule has 0 radical (unpaired) electrons. The maximum absolute atomic E-state index is 12.4. The highest BCUT2D eigenvalue weighted by molar-refractivity contribution is 5.98. The highest BCUT2D eigenvalue weighted by atomic mass is 16.4. The average Bonchev–Trinajstić information content (AvgIpc) is 2.78. The van der Waals surface area contributed by atoms with Crippen LogP contribution < -0.4 is 5.32 Å². The van der Waals surface area contributed by atoms with Crippen molar-refractivity contribution in [3.05, 3.63) is 17.5 Å². The minimum Gasteiger partial charge on any atom is -0.480 e. The highest BCUT2D eigenvalue weighted by Crippen LogP contribution is 2.12. The second-order valence-electron chi connectivity index (χ2n) is 4.59. The number of aromatic nitrogens is 2. The molecule has 20 heavy (non-hydrogen) atoms. The van der Waals surface area contributed by atoms with Gasteiger partial charge in [-0.3, -0.25) is 14.3 Å². The van der Waals surface area contributed by atoms with Crippen LogP contribution in [0.1, 0.15) is 23.1 Å². The number of nitrogens with one attached hydrogen (secondary N) is 1. The number of rotatable bonds is 3. The van der Waals surface area contributed by atoms with Gasteiger partial charge in [0.05, 0.1) is 5.69 Å². The third-order valence-corrected chi connectivity index (χ3v) is 3.24. The fourth-order valence-corrected chi connectivity index (χ4v) is 2.12. The van der Waals surface area contributed by atoms with Gasteiger partial charge in [-0.2, -0.15) is 5.10 Å². The van der Waals surface area contributed by atoms with E-state index in [2.05, 4.69) is 10.4 Å². The van der Waals surface area contributed by atoms with Crippen molar-refractivity contribution in [2.24, 2.45) is 7.05 Å². The van der Waals surface area contributed by atoms with Crippen molar-refractivity contribution >= 4 is 17.8 Å². The quantitative estimate of drug-likeness (QED) is 0.739. The van der Waals surface area contributed by atoms with Gasteiger partial charge in [0.2, 0.25) is 5.91 Å². The van der Waals surface area contributed by atoms with E-state index < -0.39 is 17.9 Å². The summed E-state index contributed by atoms with van der Waals surface area (Å²) in [6.07, 6.45) is 0.671. The molecule has 0 aliphatic carbocycles. The number of amides is 2. The number of carbonyl (C=O) groups excluding carboxylic acids is 2. The Labute approximate surface area is 115 Å². The summed E-state index contributed by atoms with van der Waals surface area (Å²) in [5.41, 5.74) is 1.02. The van der Waals surface area contributed by atoms with Crippen molar-refractivity contribution in [1.82, 2.24) is 20.0 Å². The number of carbonyl (C=O) groups is 3. The third-order valence-electron chi connectivity index (χ3n) is 3.24. The van der Waals surface area contributed by atoms with Gasteiger partial charge in [0.25, 0.3) is 5.91 Å². The molecular formula is C12H16N4O4. The first-order chi connectivity index (χ1) is 9.43. The summed E-state index contributed by atoms with van der Waals surface area (Å²) >= 11 is 0. The van der Waals surface area contributed by atoms with Gasteiger partial charge in [0.1, 0.15) is 18.3 Å². The number of carboxylic acid groups (broad SMARTS) is 1. The molecule has 0 saturated carbocycles. The predicted molar refractivity (Wildman–Crippen MR) is 68.1 cm³/mol. The van der Waals surface area contributed by atoms with E-state index in [1.165, 1.54) is 4.68 Å². The second kappa shape index (κ2) is 5.32. The molecule has 1 unspecified atom stereocenters. The Morgan fingerprint density at radius 1 is 1.55 bits per heavy atom. The van der Waals surface area contributed by atoms with Crippen LogP contribution >= 0.6 is 0 Å². The first-order valence-corrected chi connectivity index (χ1v) is 6.27. The SMILES string of the molecule is CCc1cc(C(=O)N2CC(=O)NCC2C(=O)O)n(C)n1. The maximum Gasteiger partial charge on any atom is 0.328 e. The van der Waals surface area contributed by atoms with Gasteiger partial charge in [-0.15, -0.1) is 0 Å².